The van der Waals surface area contributed by atoms with E-state index >= 15 is 0 Å². The molecule has 1 atom stereocenters. The summed E-state index contributed by atoms with van der Waals surface area (Å²) in [6.07, 6.45) is -0.917. The van der Waals surface area contributed by atoms with Crippen molar-refractivity contribution >= 4 is 0 Å². The van der Waals surface area contributed by atoms with E-state index in [0.29, 0.717) is 12.4 Å². The van der Waals surface area contributed by atoms with Gasteiger partial charge in [0, 0.05) is 11.5 Å². The standard InChI is InChI=1S/C15H20F2N4/c1-11(15(2,3)14(16)17)18-9-13-19-10-20-21(13)12-7-5-4-6-8-12/h4-8,10-11,14,18H,9H2,1-3H3. The third-order valence-corrected chi connectivity index (χ3v) is 3.86. The molecule has 2 rings (SSSR count). The zero-order valence-electron chi connectivity index (χ0n) is 12.4. The van der Waals surface area contributed by atoms with Crippen molar-refractivity contribution in [3.63, 3.8) is 0 Å². The van der Waals surface area contributed by atoms with Gasteiger partial charge in [0.2, 0.25) is 6.43 Å². The Morgan fingerprint density at radius 1 is 1.24 bits per heavy atom. The summed E-state index contributed by atoms with van der Waals surface area (Å²) in [7, 11) is 0. The normalized spacial score (nSPS) is 13.6. The fourth-order valence-corrected chi connectivity index (χ4v) is 1.87. The van der Waals surface area contributed by atoms with Crippen LogP contribution in [0.15, 0.2) is 36.7 Å². The van der Waals surface area contributed by atoms with Crippen LogP contribution in [-0.2, 0) is 6.54 Å². The highest BCUT2D eigenvalue weighted by Gasteiger charge is 2.35. The van der Waals surface area contributed by atoms with Gasteiger partial charge < -0.3 is 5.32 Å². The van der Waals surface area contributed by atoms with Crippen molar-refractivity contribution in [2.75, 3.05) is 0 Å². The molecule has 6 heteroatoms. The highest BCUT2D eigenvalue weighted by Crippen LogP contribution is 2.28. The molecule has 114 valence electrons. The first-order chi connectivity index (χ1) is 9.93. The SMILES string of the molecule is CC(NCc1ncnn1-c1ccccc1)C(C)(C)C(F)F. The fourth-order valence-electron chi connectivity index (χ4n) is 1.87. The van der Waals surface area contributed by atoms with Crippen molar-refractivity contribution < 1.29 is 8.78 Å². The number of para-hydroxylation sites is 1. The zero-order chi connectivity index (χ0) is 15.5. The molecule has 0 aliphatic heterocycles. The number of rotatable bonds is 6. The van der Waals surface area contributed by atoms with Crippen molar-refractivity contribution in [3.8, 4) is 5.69 Å². The summed E-state index contributed by atoms with van der Waals surface area (Å²) < 4.78 is 27.7. The Morgan fingerprint density at radius 3 is 2.52 bits per heavy atom. The van der Waals surface area contributed by atoms with Gasteiger partial charge in [-0.05, 0) is 19.1 Å². The lowest BCUT2D eigenvalue weighted by Crippen LogP contribution is -2.43. The Morgan fingerprint density at radius 2 is 1.90 bits per heavy atom. The number of benzene rings is 1. The molecule has 0 saturated carbocycles. The fraction of sp³-hybridized carbons (Fsp3) is 0.467. The van der Waals surface area contributed by atoms with Gasteiger partial charge in [-0.2, -0.15) is 5.10 Å². The van der Waals surface area contributed by atoms with Crippen LogP contribution < -0.4 is 5.32 Å². The van der Waals surface area contributed by atoms with E-state index in [4.69, 9.17) is 0 Å². The second-order valence-corrected chi connectivity index (χ2v) is 5.65. The molecule has 0 fully saturated rings. The van der Waals surface area contributed by atoms with Gasteiger partial charge in [-0.3, -0.25) is 0 Å². The molecule has 1 aromatic carbocycles. The smallest absolute Gasteiger partial charge is 0.245 e. The second-order valence-electron chi connectivity index (χ2n) is 5.65. The van der Waals surface area contributed by atoms with Crippen LogP contribution >= 0.6 is 0 Å². The minimum Gasteiger partial charge on any atom is -0.307 e. The Hall–Kier alpha value is -1.82. The number of nitrogens with zero attached hydrogens (tertiary/aromatic N) is 3. The lowest BCUT2D eigenvalue weighted by Gasteiger charge is -2.31. The van der Waals surface area contributed by atoms with Crippen LogP contribution in [0.2, 0.25) is 0 Å². The van der Waals surface area contributed by atoms with E-state index in [-0.39, 0.29) is 6.04 Å². The topological polar surface area (TPSA) is 42.7 Å². The first kappa shape index (κ1) is 15.6. The molecule has 1 N–H and O–H groups in total. The number of nitrogens with one attached hydrogen (secondary N) is 1. The predicted molar refractivity (Wildman–Crippen MR) is 77.4 cm³/mol. The number of halogens is 2. The summed E-state index contributed by atoms with van der Waals surface area (Å²) in [5.74, 6) is 0.693. The molecule has 0 saturated heterocycles. The quantitative estimate of drug-likeness (QED) is 0.890. The van der Waals surface area contributed by atoms with E-state index in [1.807, 2.05) is 30.3 Å². The molecule has 1 unspecified atom stereocenters. The van der Waals surface area contributed by atoms with E-state index in [2.05, 4.69) is 15.4 Å². The Bertz CT molecular complexity index is 566. The van der Waals surface area contributed by atoms with Gasteiger partial charge in [0.25, 0.3) is 0 Å². The van der Waals surface area contributed by atoms with Gasteiger partial charge in [0.05, 0.1) is 12.2 Å². The highest BCUT2D eigenvalue weighted by molar-refractivity contribution is 5.30. The molecule has 0 aliphatic rings. The highest BCUT2D eigenvalue weighted by atomic mass is 19.3. The van der Waals surface area contributed by atoms with Crippen molar-refractivity contribution in [1.82, 2.24) is 20.1 Å². The molecule has 0 spiro atoms. The molecule has 0 bridgehead atoms. The number of aromatic nitrogens is 3. The minimum atomic E-state index is -2.38. The second kappa shape index (κ2) is 6.30. The van der Waals surface area contributed by atoms with E-state index in [1.54, 1.807) is 25.5 Å². The number of hydrogen-bond acceptors (Lipinski definition) is 3. The molecule has 0 radical (unpaired) electrons. The molecule has 1 heterocycles. The van der Waals surface area contributed by atoms with Gasteiger partial charge >= 0.3 is 0 Å². The number of alkyl halides is 2. The maximum absolute atomic E-state index is 13.0. The molecular weight excluding hydrogens is 274 g/mol. The van der Waals surface area contributed by atoms with E-state index in [9.17, 15) is 8.78 Å². The Balaban J connectivity index is 2.07. The molecule has 4 nitrogen and oxygen atoms in total. The third kappa shape index (κ3) is 3.44. The molecule has 21 heavy (non-hydrogen) atoms. The Kier molecular flexibility index (Phi) is 4.67. The molecule has 2 aromatic rings. The third-order valence-electron chi connectivity index (χ3n) is 3.86. The summed E-state index contributed by atoms with van der Waals surface area (Å²) >= 11 is 0. The number of hydrogen-bond donors (Lipinski definition) is 1. The van der Waals surface area contributed by atoms with Crippen LogP contribution in [0.25, 0.3) is 5.69 Å². The summed E-state index contributed by atoms with van der Waals surface area (Å²) in [4.78, 5) is 4.19. The average Bonchev–Trinajstić information content (AvgIpc) is 2.93. The summed E-state index contributed by atoms with van der Waals surface area (Å²) in [6.45, 7) is 5.25. The first-order valence-corrected chi connectivity index (χ1v) is 6.88. The lowest BCUT2D eigenvalue weighted by molar-refractivity contribution is -0.00277. The van der Waals surface area contributed by atoms with Crippen LogP contribution in [0.3, 0.4) is 0 Å². The van der Waals surface area contributed by atoms with Crippen LogP contribution in [0, 0.1) is 5.41 Å². The molecular formula is C15H20F2N4. The summed E-state index contributed by atoms with van der Waals surface area (Å²) in [6, 6.07) is 9.24. The van der Waals surface area contributed by atoms with Gasteiger partial charge in [0.15, 0.2) is 0 Å². The maximum atomic E-state index is 13.0. The van der Waals surface area contributed by atoms with Crippen LogP contribution in [0.1, 0.15) is 26.6 Å². The summed E-state index contributed by atoms with van der Waals surface area (Å²) in [5, 5.41) is 7.29. The van der Waals surface area contributed by atoms with Crippen molar-refractivity contribution in [1.29, 1.82) is 0 Å². The van der Waals surface area contributed by atoms with Crippen molar-refractivity contribution in [3.05, 3.63) is 42.5 Å². The van der Waals surface area contributed by atoms with Gasteiger partial charge in [0.1, 0.15) is 12.2 Å². The van der Waals surface area contributed by atoms with Crippen LogP contribution in [0.5, 0.6) is 0 Å². The van der Waals surface area contributed by atoms with Crippen LogP contribution in [-0.4, -0.2) is 27.2 Å². The average molecular weight is 294 g/mol. The maximum Gasteiger partial charge on any atom is 0.245 e. The largest absolute Gasteiger partial charge is 0.307 e. The van der Waals surface area contributed by atoms with Gasteiger partial charge in [-0.25, -0.2) is 18.4 Å². The van der Waals surface area contributed by atoms with Crippen molar-refractivity contribution in [2.45, 2.75) is 39.8 Å². The van der Waals surface area contributed by atoms with Crippen LogP contribution in [0.4, 0.5) is 8.78 Å². The lowest BCUT2D eigenvalue weighted by atomic mass is 9.86. The molecule has 1 aromatic heterocycles. The minimum absolute atomic E-state index is 0.349. The molecule has 0 amide bonds. The van der Waals surface area contributed by atoms with E-state index in [1.165, 1.54) is 6.33 Å². The van der Waals surface area contributed by atoms with Crippen molar-refractivity contribution in [2.24, 2.45) is 5.41 Å². The monoisotopic (exact) mass is 294 g/mol. The molecule has 0 aliphatic carbocycles. The zero-order valence-corrected chi connectivity index (χ0v) is 12.4. The Labute approximate surface area is 123 Å². The van der Waals surface area contributed by atoms with Gasteiger partial charge in [-0.15, -0.1) is 0 Å². The van der Waals surface area contributed by atoms with E-state index < -0.39 is 11.8 Å². The predicted octanol–water partition coefficient (Wildman–Crippen LogP) is 3.04. The first-order valence-electron chi connectivity index (χ1n) is 6.88. The van der Waals surface area contributed by atoms with Gasteiger partial charge in [-0.1, -0.05) is 32.0 Å². The van der Waals surface area contributed by atoms with E-state index in [0.717, 1.165) is 5.69 Å². The summed E-state index contributed by atoms with van der Waals surface area (Å²) in [5.41, 5.74) is -0.204.